The quantitative estimate of drug-likeness (QED) is 0.0628. The van der Waals surface area contributed by atoms with E-state index in [1.54, 1.807) is 97.3 Å². The van der Waals surface area contributed by atoms with Crippen LogP contribution in [0.2, 0.25) is 0 Å². The second-order valence-corrected chi connectivity index (χ2v) is 17.6. The molecule has 0 saturated carbocycles. The second kappa shape index (κ2) is 22.2. The molecular weight excluding hydrogens is 899 g/mol. The number of nitrogen functional groups attached to an aromatic ring is 1. The predicted molar refractivity (Wildman–Crippen MR) is 249 cm³/mol. The van der Waals surface area contributed by atoms with E-state index >= 15 is 0 Å². The third kappa shape index (κ3) is 15.3. The van der Waals surface area contributed by atoms with Gasteiger partial charge in [-0.25, -0.2) is 26.0 Å². The van der Waals surface area contributed by atoms with Crippen LogP contribution >= 0.6 is 0 Å². The van der Waals surface area contributed by atoms with Crippen molar-refractivity contribution in [3.8, 4) is 0 Å². The van der Waals surface area contributed by atoms with Crippen LogP contribution in [0.5, 0.6) is 0 Å². The van der Waals surface area contributed by atoms with E-state index in [1.165, 1.54) is 42.5 Å². The first-order chi connectivity index (χ1) is 31.6. The van der Waals surface area contributed by atoms with Crippen molar-refractivity contribution < 1.29 is 54.3 Å². The molecule has 0 radical (unpaired) electrons. The van der Waals surface area contributed by atoms with E-state index in [1.807, 2.05) is 61.6 Å². The van der Waals surface area contributed by atoms with E-state index in [0.717, 1.165) is 11.1 Å². The number of nitrogens with one attached hydrogen (secondary N) is 4. The molecule has 0 aliphatic heterocycles. The number of aryl methyl sites for hydroxylation is 4. The summed E-state index contributed by atoms with van der Waals surface area (Å²) in [6, 6.07) is 36.1. The third-order valence-electron chi connectivity index (χ3n) is 9.38. The summed E-state index contributed by atoms with van der Waals surface area (Å²) in [6.07, 6.45) is 7.30. The SMILES string of the molecule is C[n+]1cccc(NC(=O)c2ccc(NC(=O)c3ccc(C(=O)Nc4ccc(C(=O)Nc5ccc[n+](C)c5)cc4)c(N)c3)cc2)c1.Cc1ccc(S(=O)(=O)[O-])cc1.Cc1ccc(S(=O)(=O)[O-])cc1. The summed E-state index contributed by atoms with van der Waals surface area (Å²) in [5, 5.41) is 11.2. The Kier molecular flexibility index (Phi) is 16.5. The zero-order valence-corrected chi connectivity index (χ0v) is 38.1. The molecule has 0 saturated heterocycles. The number of anilines is 5. The Balaban J connectivity index is 0.000000310. The molecular formula is C48H45N7O10S2. The number of carbonyl (C=O) groups is 4. The molecule has 2 aromatic heterocycles. The molecule has 0 aliphatic rings. The molecule has 5 aromatic carbocycles. The smallest absolute Gasteiger partial charge is 0.257 e. The summed E-state index contributed by atoms with van der Waals surface area (Å²) >= 11 is 0. The van der Waals surface area contributed by atoms with Gasteiger partial charge in [-0.15, -0.1) is 0 Å². The molecule has 6 N–H and O–H groups in total. The van der Waals surface area contributed by atoms with E-state index in [-0.39, 0.29) is 38.4 Å². The summed E-state index contributed by atoms with van der Waals surface area (Å²) in [7, 11) is -4.82. The molecule has 7 rings (SSSR count). The van der Waals surface area contributed by atoms with Gasteiger partial charge in [0.05, 0.1) is 15.4 Å². The Labute approximate surface area is 387 Å². The van der Waals surface area contributed by atoms with Gasteiger partial charge in [0.15, 0.2) is 24.8 Å². The number of nitrogens with two attached hydrogens (primary N) is 1. The topological polar surface area (TPSA) is 265 Å². The van der Waals surface area contributed by atoms with Gasteiger partial charge in [0, 0.05) is 45.9 Å². The molecule has 19 heteroatoms. The molecule has 0 atom stereocenters. The summed E-state index contributed by atoms with van der Waals surface area (Å²) in [5.74, 6) is -1.46. The van der Waals surface area contributed by atoms with Crippen molar-refractivity contribution in [2.45, 2.75) is 23.6 Å². The lowest BCUT2D eigenvalue weighted by molar-refractivity contribution is -0.670. The van der Waals surface area contributed by atoms with Crippen molar-refractivity contribution in [2.24, 2.45) is 14.1 Å². The van der Waals surface area contributed by atoms with Crippen LogP contribution in [-0.4, -0.2) is 49.6 Å². The summed E-state index contributed by atoms with van der Waals surface area (Å²) in [5.41, 5.74) is 11.7. The molecule has 17 nitrogen and oxygen atoms in total. The molecule has 344 valence electrons. The Bertz CT molecular complexity index is 3060. The van der Waals surface area contributed by atoms with Crippen LogP contribution in [0.15, 0.2) is 174 Å². The maximum Gasteiger partial charge on any atom is 0.257 e. The Morgan fingerprint density at radius 2 is 0.806 bits per heavy atom. The predicted octanol–water partition coefficient (Wildman–Crippen LogP) is 5.73. The van der Waals surface area contributed by atoms with Gasteiger partial charge in [-0.3, -0.25) is 19.2 Å². The second-order valence-electron chi connectivity index (χ2n) is 14.8. The van der Waals surface area contributed by atoms with Gasteiger partial charge in [0.2, 0.25) is 0 Å². The van der Waals surface area contributed by atoms with Crippen molar-refractivity contribution in [1.82, 2.24) is 0 Å². The molecule has 67 heavy (non-hydrogen) atoms. The fourth-order valence-electron chi connectivity index (χ4n) is 5.86. The van der Waals surface area contributed by atoms with Crippen LogP contribution in [-0.2, 0) is 34.3 Å². The zero-order chi connectivity index (χ0) is 48.9. The van der Waals surface area contributed by atoms with E-state index in [4.69, 9.17) is 5.73 Å². The van der Waals surface area contributed by atoms with Crippen LogP contribution < -0.4 is 36.1 Å². The normalized spacial score (nSPS) is 10.8. The molecule has 2 heterocycles. The van der Waals surface area contributed by atoms with E-state index in [0.29, 0.717) is 33.9 Å². The summed E-state index contributed by atoms with van der Waals surface area (Å²) in [6.45, 7) is 3.64. The Morgan fingerprint density at radius 1 is 0.463 bits per heavy atom. The lowest BCUT2D eigenvalue weighted by Crippen LogP contribution is -2.27. The van der Waals surface area contributed by atoms with Gasteiger partial charge >= 0.3 is 0 Å². The Morgan fingerprint density at radius 3 is 1.16 bits per heavy atom. The number of carbonyl (C=O) groups excluding carboxylic acids is 4. The number of aromatic nitrogens is 2. The van der Waals surface area contributed by atoms with Gasteiger partial charge in [-0.1, -0.05) is 35.4 Å². The number of rotatable bonds is 10. The lowest BCUT2D eigenvalue weighted by atomic mass is 10.1. The van der Waals surface area contributed by atoms with Crippen LogP contribution in [0.1, 0.15) is 52.6 Å². The first-order valence-electron chi connectivity index (χ1n) is 20.0. The van der Waals surface area contributed by atoms with Crippen LogP contribution in [0.4, 0.5) is 28.4 Å². The van der Waals surface area contributed by atoms with E-state index < -0.39 is 32.1 Å². The minimum absolute atomic E-state index is 0.119. The average Bonchev–Trinajstić information content (AvgIpc) is 3.27. The molecule has 7 aromatic rings. The fourth-order valence-corrected chi connectivity index (χ4v) is 6.80. The monoisotopic (exact) mass is 943 g/mol. The average molecular weight is 944 g/mol. The number of pyridine rings is 2. The molecule has 0 aliphatic carbocycles. The minimum atomic E-state index is -4.27. The first-order valence-corrected chi connectivity index (χ1v) is 22.8. The Hall–Kier alpha value is -8.10. The van der Waals surface area contributed by atoms with Gasteiger partial charge in [0.25, 0.3) is 23.6 Å². The van der Waals surface area contributed by atoms with Crippen molar-refractivity contribution >= 4 is 72.3 Å². The third-order valence-corrected chi connectivity index (χ3v) is 11.1. The zero-order valence-electron chi connectivity index (χ0n) is 36.5. The highest BCUT2D eigenvalue weighted by atomic mass is 32.2. The molecule has 0 fully saturated rings. The molecule has 0 bridgehead atoms. The number of amides is 4. The summed E-state index contributed by atoms with van der Waals surface area (Å²) < 4.78 is 66.0. The standard InChI is InChI=1S/C34H29N7O4.2C7H8O3S/c1-40-17-3-5-27(20-40)38-31(42)22-7-12-25(13-8-22)36-33(44)24-11-16-29(30(35)19-24)34(45)37-26-14-9-23(10-15-26)32(43)39-28-6-4-18-41(2)21-28;2*1-6-2-4-7(5-3-6)11(8,9)10/h3-21H,1-2H3,(H4-2,35,36,37,38,39,42,43,44,45);2*2-5H,1H3,(H,8,9,10). The highest BCUT2D eigenvalue weighted by Gasteiger charge is 2.16. The van der Waals surface area contributed by atoms with Gasteiger partial charge in [-0.05, 0) is 117 Å². The van der Waals surface area contributed by atoms with Gasteiger partial charge in [0.1, 0.15) is 45.7 Å². The van der Waals surface area contributed by atoms with Crippen LogP contribution in [0, 0.1) is 13.8 Å². The number of hydrogen-bond donors (Lipinski definition) is 5. The first kappa shape index (κ1) is 49.9. The maximum atomic E-state index is 12.9. The van der Waals surface area contributed by atoms with E-state index in [9.17, 15) is 45.1 Å². The molecule has 0 unspecified atom stereocenters. The van der Waals surface area contributed by atoms with Crippen molar-refractivity contribution in [1.29, 1.82) is 0 Å². The highest BCUT2D eigenvalue weighted by Crippen LogP contribution is 2.20. The highest BCUT2D eigenvalue weighted by molar-refractivity contribution is 7.86. The molecule has 0 spiro atoms. The van der Waals surface area contributed by atoms with Crippen molar-refractivity contribution in [3.63, 3.8) is 0 Å². The molecule has 4 amide bonds. The van der Waals surface area contributed by atoms with Crippen molar-refractivity contribution in [3.05, 3.63) is 198 Å². The van der Waals surface area contributed by atoms with Gasteiger partial charge in [-0.2, -0.15) is 0 Å². The lowest BCUT2D eigenvalue weighted by Gasteiger charge is -2.11. The van der Waals surface area contributed by atoms with Crippen LogP contribution in [0.25, 0.3) is 0 Å². The fraction of sp³-hybridized carbons (Fsp3) is 0.0833. The summed E-state index contributed by atoms with van der Waals surface area (Å²) in [4.78, 5) is 50.6. The number of benzene rings is 5. The largest absolute Gasteiger partial charge is 0.744 e. The number of nitrogens with zero attached hydrogens (tertiary/aromatic N) is 2. The van der Waals surface area contributed by atoms with Gasteiger partial charge < -0.3 is 36.1 Å². The van der Waals surface area contributed by atoms with E-state index in [2.05, 4.69) is 21.3 Å². The maximum absolute atomic E-state index is 12.9. The minimum Gasteiger partial charge on any atom is -0.744 e. The van der Waals surface area contributed by atoms with Crippen LogP contribution in [0.3, 0.4) is 0 Å². The number of hydrogen-bond acceptors (Lipinski definition) is 11. The van der Waals surface area contributed by atoms with Crippen molar-refractivity contribution in [2.75, 3.05) is 27.0 Å².